The zero-order valence-corrected chi connectivity index (χ0v) is 13.2. The van der Waals surface area contributed by atoms with Gasteiger partial charge in [-0.2, -0.15) is 0 Å². The molecule has 0 aliphatic rings. The van der Waals surface area contributed by atoms with Gasteiger partial charge in [0.15, 0.2) is 0 Å². The number of aliphatic hydroxyl groups is 1. The predicted octanol–water partition coefficient (Wildman–Crippen LogP) is 1.91. The fourth-order valence-electron chi connectivity index (χ4n) is 1.34. The molecule has 1 unspecified atom stereocenters. The molecule has 1 rings (SSSR count). The molecule has 1 amide bonds. The monoisotopic (exact) mass is 378 g/mol. The van der Waals surface area contributed by atoms with Gasteiger partial charge in [0, 0.05) is 28.6 Å². The highest BCUT2D eigenvalue weighted by molar-refractivity contribution is 9.11. The molecule has 0 aliphatic carbocycles. The fourth-order valence-corrected chi connectivity index (χ4v) is 2.13. The van der Waals surface area contributed by atoms with Gasteiger partial charge in [0.05, 0.1) is 11.7 Å². The first-order chi connectivity index (χ1) is 8.50. The maximum absolute atomic E-state index is 11.9. The molecule has 0 spiro atoms. The lowest BCUT2D eigenvalue weighted by atomic mass is 10.2. The molecule has 18 heavy (non-hydrogen) atoms. The number of benzene rings is 1. The van der Waals surface area contributed by atoms with E-state index in [1.54, 1.807) is 13.0 Å². The number of aliphatic hydroxyl groups excluding tert-OH is 1. The zero-order chi connectivity index (χ0) is 13.5. The minimum Gasteiger partial charge on any atom is -0.392 e. The molecule has 1 atom stereocenters. The second-order valence-corrected chi connectivity index (χ2v) is 5.70. The average molecular weight is 380 g/mol. The Bertz CT molecular complexity index is 411. The van der Waals surface area contributed by atoms with Crippen LogP contribution in [0.4, 0.5) is 0 Å². The number of amides is 1. The van der Waals surface area contributed by atoms with E-state index in [-0.39, 0.29) is 12.0 Å². The minimum absolute atomic E-state index is 0.123. The van der Waals surface area contributed by atoms with Crippen molar-refractivity contribution in [2.75, 3.05) is 19.6 Å². The number of nitrogens with one attached hydrogen (secondary N) is 2. The Morgan fingerprint density at radius 2 is 2.11 bits per heavy atom. The van der Waals surface area contributed by atoms with Gasteiger partial charge in [-0.3, -0.25) is 4.79 Å². The summed E-state index contributed by atoms with van der Waals surface area (Å²) in [7, 11) is 0. The highest BCUT2D eigenvalue weighted by Crippen LogP contribution is 2.21. The molecule has 0 saturated heterocycles. The van der Waals surface area contributed by atoms with Crippen LogP contribution in [-0.2, 0) is 0 Å². The van der Waals surface area contributed by atoms with Crippen LogP contribution in [0.3, 0.4) is 0 Å². The van der Waals surface area contributed by atoms with Crippen LogP contribution in [0.1, 0.15) is 17.3 Å². The summed E-state index contributed by atoms with van der Waals surface area (Å²) in [5, 5.41) is 14.9. The summed E-state index contributed by atoms with van der Waals surface area (Å²) < 4.78 is 1.63. The van der Waals surface area contributed by atoms with Crippen LogP contribution in [0, 0.1) is 0 Å². The third kappa shape index (κ3) is 5.48. The molecule has 100 valence electrons. The Kier molecular flexibility index (Phi) is 6.85. The van der Waals surface area contributed by atoms with Crippen molar-refractivity contribution in [1.29, 1.82) is 0 Å². The quantitative estimate of drug-likeness (QED) is 0.661. The predicted molar refractivity (Wildman–Crippen MR) is 78.7 cm³/mol. The molecule has 4 nitrogen and oxygen atoms in total. The van der Waals surface area contributed by atoms with Gasteiger partial charge < -0.3 is 15.7 Å². The van der Waals surface area contributed by atoms with Gasteiger partial charge in [-0.15, -0.1) is 0 Å². The smallest absolute Gasteiger partial charge is 0.252 e. The number of rotatable bonds is 6. The highest BCUT2D eigenvalue weighted by Gasteiger charge is 2.09. The molecule has 1 aromatic carbocycles. The van der Waals surface area contributed by atoms with E-state index in [0.29, 0.717) is 25.2 Å². The fraction of sp³-hybridized carbons (Fsp3) is 0.417. The zero-order valence-electron chi connectivity index (χ0n) is 10.0. The Morgan fingerprint density at radius 1 is 1.39 bits per heavy atom. The van der Waals surface area contributed by atoms with Crippen molar-refractivity contribution >= 4 is 37.8 Å². The van der Waals surface area contributed by atoms with Crippen molar-refractivity contribution in [3.63, 3.8) is 0 Å². The van der Waals surface area contributed by atoms with Crippen molar-refractivity contribution in [3.8, 4) is 0 Å². The Labute approximate surface area is 123 Å². The normalized spacial score (nSPS) is 12.2. The molecule has 0 heterocycles. The van der Waals surface area contributed by atoms with Gasteiger partial charge in [-0.05, 0) is 41.1 Å². The van der Waals surface area contributed by atoms with E-state index >= 15 is 0 Å². The number of hydrogen-bond donors (Lipinski definition) is 3. The second kappa shape index (κ2) is 7.89. The Balaban J connectivity index is 2.39. The molecule has 0 fully saturated rings. The molecule has 1 aromatic rings. The number of hydrogen-bond acceptors (Lipinski definition) is 3. The SMILES string of the molecule is CC(O)CNCCNC(=O)c1cc(Br)ccc1Br. The third-order valence-corrected chi connectivity index (χ3v) is 3.38. The molecule has 0 aliphatic heterocycles. The van der Waals surface area contributed by atoms with Gasteiger partial charge in [0.25, 0.3) is 5.91 Å². The van der Waals surface area contributed by atoms with Crippen LogP contribution in [0.5, 0.6) is 0 Å². The van der Waals surface area contributed by atoms with Gasteiger partial charge >= 0.3 is 0 Å². The summed E-state index contributed by atoms with van der Waals surface area (Å²) in [6, 6.07) is 5.46. The topological polar surface area (TPSA) is 61.4 Å². The van der Waals surface area contributed by atoms with Gasteiger partial charge in [0.2, 0.25) is 0 Å². The van der Waals surface area contributed by atoms with Crippen LogP contribution in [-0.4, -0.2) is 36.8 Å². The molecule has 0 bridgehead atoms. The molecular weight excluding hydrogens is 364 g/mol. The van der Waals surface area contributed by atoms with E-state index < -0.39 is 0 Å². The lowest BCUT2D eigenvalue weighted by molar-refractivity contribution is 0.0953. The highest BCUT2D eigenvalue weighted by atomic mass is 79.9. The van der Waals surface area contributed by atoms with E-state index in [4.69, 9.17) is 5.11 Å². The first kappa shape index (κ1) is 15.6. The molecule has 0 aromatic heterocycles. The van der Waals surface area contributed by atoms with Gasteiger partial charge in [-0.25, -0.2) is 0 Å². The molecular formula is C12H16Br2N2O2. The molecule has 3 N–H and O–H groups in total. The van der Waals surface area contributed by atoms with E-state index in [2.05, 4.69) is 42.5 Å². The summed E-state index contributed by atoms with van der Waals surface area (Å²) in [6.45, 7) is 3.38. The van der Waals surface area contributed by atoms with Gasteiger partial charge in [-0.1, -0.05) is 15.9 Å². The van der Waals surface area contributed by atoms with E-state index in [1.807, 2.05) is 12.1 Å². The van der Waals surface area contributed by atoms with Crippen LogP contribution < -0.4 is 10.6 Å². The van der Waals surface area contributed by atoms with E-state index in [0.717, 1.165) is 8.95 Å². The maximum atomic E-state index is 11.9. The van der Waals surface area contributed by atoms with Crippen LogP contribution in [0.2, 0.25) is 0 Å². The summed E-state index contributed by atoms with van der Waals surface area (Å²) in [6.07, 6.45) is -0.375. The lowest BCUT2D eigenvalue weighted by Crippen LogP contribution is -2.34. The van der Waals surface area contributed by atoms with E-state index in [1.165, 1.54) is 0 Å². The van der Waals surface area contributed by atoms with E-state index in [9.17, 15) is 4.79 Å². The summed E-state index contributed by atoms with van der Waals surface area (Å²) in [5.74, 6) is -0.123. The van der Waals surface area contributed by atoms with Crippen LogP contribution in [0.15, 0.2) is 27.1 Å². The third-order valence-electron chi connectivity index (χ3n) is 2.20. The lowest BCUT2D eigenvalue weighted by Gasteiger charge is -2.09. The molecule has 0 saturated carbocycles. The summed E-state index contributed by atoms with van der Waals surface area (Å²) in [4.78, 5) is 11.9. The minimum atomic E-state index is -0.375. The van der Waals surface area contributed by atoms with Crippen molar-refractivity contribution in [2.45, 2.75) is 13.0 Å². The summed E-state index contributed by atoms with van der Waals surface area (Å²) in [5.41, 5.74) is 0.597. The average Bonchev–Trinajstić information content (AvgIpc) is 2.31. The molecule has 0 radical (unpaired) electrons. The van der Waals surface area contributed by atoms with Crippen molar-refractivity contribution in [3.05, 3.63) is 32.7 Å². The number of halogens is 2. The largest absolute Gasteiger partial charge is 0.392 e. The van der Waals surface area contributed by atoms with Crippen LogP contribution >= 0.6 is 31.9 Å². The maximum Gasteiger partial charge on any atom is 0.252 e. The number of carbonyl (C=O) groups excluding carboxylic acids is 1. The standard InChI is InChI=1S/C12H16Br2N2O2/c1-8(17)7-15-4-5-16-12(18)10-6-9(13)2-3-11(10)14/h2-3,6,8,15,17H,4-5,7H2,1H3,(H,16,18). The van der Waals surface area contributed by atoms with Gasteiger partial charge in [0.1, 0.15) is 0 Å². The second-order valence-electron chi connectivity index (χ2n) is 3.93. The Hall–Kier alpha value is -0.430. The Morgan fingerprint density at radius 3 is 2.78 bits per heavy atom. The van der Waals surface area contributed by atoms with Crippen molar-refractivity contribution in [2.24, 2.45) is 0 Å². The van der Waals surface area contributed by atoms with Crippen molar-refractivity contribution < 1.29 is 9.90 Å². The summed E-state index contributed by atoms with van der Waals surface area (Å²) >= 11 is 6.68. The first-order valence-corrected chi connectivity index (χ1v) is 7.21. The first-order valence-electron chi connectivity index (χ1n) is 5.62. The van der Waals surface area contributed by atoms with Crippen LogP contribution in [0.25, 0.3) is 0 Å². The molecule has 6 heteroatoms. The number of carbonyl (C=O) groups is 1. The van der Waals surface area contributed by atoms with Crippen molar-refractivity contribution in [1.82, 2.24) is 10.6 Å².